The van der Waals surface area contributed by atoms with E-state index in [0.29, 0.717) is 18.9 Å². The van der Waals surface area contributed by atoms with Crippen LogP contribution in [0.25, 0.3) is 0 Å². The summed E-state index contributed by atoms with van der Waals surface area (Å²) >= 11 is 5.42. The van der Waals surface area contributed by atoms with Gasteiger partial charge >= 0.3 is 10.3 Å². The molecular formula is C8H18ClNO5S. The van der Waals surface area contributed by atoms with Gasteiger partial charge in [-0.1, -0.05) is 6.92 Å². The molecular weight excluding hydrogens is 258 g/mol. The van der Waals surface area contributed by atoms with Crippen LogP contribution in [0, 0.1) is 0 Å². The average molecular weight is 276 g/mol. The minimum Gasteiger partial charge on any atom is -0.389 e. The highest BCUT2D eigenvalue weighted by Gasteiger charge is 2.20. The summed E-state index contributed by atoms with van der Waals surface area (Å²) in [6.45, 7) is 1.91. The second-order valence-corrected chi connectivity index (χ2v) is 4.99. The van der Waals surface area contributed by atoms with E-state index in [0.717, 1.165) is 4.31 Å². The first-order valence-electron chi connectivity index (χ1n) is 4.96. The Labute approximate surface area is 101 Å². The third-order valence-corrected chi connectivity index (χ3v) is 3.15. The molecule has 16 heavy (non-hydrogen) atoms. The Morgan fingerprint density at radius 1 is 1.50 bits per heavy atom. The molecule has 0 saturated carbocycles. The van der Waals surface area contributed by atoms with Gasteiger partial charge in [0, 0.05) is 25.6 Å². The number of likely N-dealkylation sites (N-methyl/N-ethyl adjacent to an activating group) is 1. The van der Waals surface area contributed by atoms with Gasteiger partial charge in [0.15, 0.2) is 0 Å². The van der Waals surface area contributed by atoms with Crippen LogP contribution in [0.15, 0.2) is 0 Å². The monoisotopic (exact) mass is 275 g/mol. The third-order valence-electron chi connectivity index (χ3n) is 1.83. The van der Waals surface area contributed by atoms with E-state index in [1.807, 2.05) is 0 Å². The van der Waals surface area contributed by atoms with Crippen molar-refractivity contribution >= 4 is 21.9 Å². The maximum atomic E-state index is 10.8. The van der Waals surface area contributed by atoms with Gasteiger partial charge in [-0.25, -0.2) is 0 Å². The normalized spacial score (nSPS) is 14.3. The predicted octanol–water partition coefficient (Wildman–Crippen LogP) is 0.118. The van der Waals surface area contributed by atoms with Crippen LogP contribution in [0.4, 0.5) is 0 Å². The molecule has 0 fully saturated rings. The average Bonchev–Trinajstić information content (AvgIpc) is 2.19. The fourth-order valence-corrected chi connectivity index (χ4v) is 1.85. The fourth-order valence-electron chi connectivity index (χ4n) is 1.05. The summed E-state index contributed by atoms with van der Waals surface area (Å²) in [5, 5.41) is 9.44. The van der Waals surface area contributed by atoms with Gasteiger partial charge in [0.25, 0.3) is 0 Å². The Morgan fingerprint density at radius 2 is 2.12 bits per heavy atom. The molecule has 98 valence electrons. The van der Waals surface area contributed by atoms with Gasteiger partial charge in [-0.05, 0) is 6.42 Å². The van der Waals surface area contributed by atoms with Crippen LogP contribution >= 0.6 is 11.6 Å². The fraction of sp³-hybridized carbons (Fsp3) is 1.00. The Balaban J connectivity index is 3.88. The number of hydrogen-bond donors (Lipinski definition) is 2. The topological polar surface area (TPSA) is 87.1 Å². The number of nitrogens with zero attached hydrogens (tertiary/aromatic N) is 1. The number of aliphatic hydroxyl groups is 1. The van der Waals surface area contributed by atoms with Crippen LogP contribution in [0.3, 0.4) is 0 Å². The minimum absolute atomic E-state index is 0.0168. The zero-order valence-electron chi connectivity index (χ0n) is 9.17. The van der Waals surface area contributed by atoms with Gasteiger partial charge in [0.1, 0.15) is 0 Å². The van der Waals surface area contributed by atoms with Crippen LogP contribution in [0.5, 0.6) is 0 Å². The molecule has 0 aliphatic heterocycles. The number of hydrogen-bond acceptors (Lipinski definition) is 4. The SMILES string of the molecule is CCN(CC(O)COCCCCl)S(=O)(=O)O. The van der Waals surface area contributed by atoms with Crippen molar-refractivity contribution in [3.8, 4) is 0 Å². The molecule has 0 aliphatic carbocycles. The lowest BCUT2D eigenvalue weighted by atomic mass is 10.4. The van der Waals surface area contributed by atoms with Crippen molar-refractivity contribution in [3.05, 3.63) is 0 Å². The lowest BCUT2D eigenvalue weighted by molar-refractivity contribution is 0.0278. The lowest BCUT2D eigenvalue weighted by Crippen LogP contribution is -2.38. The number of aliphatic hydroxyl groups excluding tert-OH is 1. The van der Waals surface area contributed by atoms with Crippen LogP contribution in [-0.4, -0.2) is 60.7 Å². The maximum Gasteiger partial charge on any atom is 0.335 e. The van der Waals surface area contributed by atoms with Gasteiger partial charge in [-0.15, -0.1) is 11.6 Å². The first kappa shape index (κ1) is 16.1. The van der Waals surface area contributed by atoms with Crippen LogP contribution in [0.2, 0.25) is 0 Å². The minimum atomic E-state index is -4.25. The molecule has 8 heteroatoms. The molecule has 0 aromatic rings. The highest BCUT2D eigenvalue weighted by Crippen LogP contribution is 2.00. The second kappa shape index (κ2) is 8.21. The third kappa shape index (κ3) is 7.37. The Hall–Kier alpha value is 0.0800. The van der Waals surface area contributed by atoms with Gasteiger partial charge in [-0.2, -0.15) is 12.7 Å². The molecule has 2 N–H and O–H groups in total. The Morgan fingerprint density at radius 3 is 2.56 bits per heavy atom. The molecule has 6 nitrogen and oxygen atoms in total. The van der Waals surface area contributed by atoms with E-state index in [1.165, 1.54) is 0 Å². The van der Waals surface area contributed by atoms with Crippen molar-refractivity contribution in [2.24, 2.45) is 0 Å². The van der Waals surface area contributed by atoms with E-state index in [1.54, 1.807) is 6.92 Å². The van der Waals surface area contributed by atoms with E-state index in [2.05, 4.69) is 0 Å². The van der Waals surface area contributed by atoms with E-state index < -0.39 is 16.4 Å². The quantitative estimate of drug-likeness (QED) is 0.354. The Bertz CT molecular complexity index is 272. The van der Waals surface area contributed by atoms with Crippen molar-refractivity contribution in [1.82, 2.24) is 4.31 Å². The standard InChI is InChI=1S/C8H18ClNO5S/c1-2-10(16(12,13)14)6-8(11)7-15-5-3-4-9/h8,11H,2-7H2,1H3,(H,12,13,14). The number of alkyl halides is 1. The highest BCUT2D eigenvalue weighted by molar-refractivity contribution is 7.83. The molecule has 0 saturated heterocycles. The highest BCUT2D eigenvalue weighted by atomic mass is 35.5. The van der Waals surface area contributed by atoms with Crippen LogP contribution in [0.1, 0.15) is 13.3 Å². The molecule has 0 spiro atoms. The van der Waals surface area contributed by atoms with Crippen LogP contribution in [-0.2, 0) is 15.0 Å². The summed E-state index contributed by atoms with van der Waals surface area (Å²) in [5.41, 5.74) is 0. The molecule has 0 radical (unpaired) electrons. The van der Waals surface area contributed by atoms with Gasteiger partial charge in [0.2, 0.25) is 0 Å². The molecule has 0 aliphatic rings. The summed E-state index contributed by atoms with van der Waals surface area (Å²) in [6, 6.07) is 0. The largest absolute Gasteiger partial charge is 0.389 e. The van der Waals surface area contributed by atoms with E-state index in [9.17, 15) is 13.5 Å². The molecule has 1 atom stereocenters. The summed E-state index contributed by atoms with van der Waals surface area (Å²) < 4.78 is 36.2. The smallest absolute Gasteiger partial charge is 0.335 e. The summed E-state index contributed by atoms with van der Waals surface area (Å²) in [7, 11) is -4.25. The molecule has 0 amide bonds. The molecule has 0 aromatic heterocycles. The van der Waals surface area contributed by atoms with E-state index >= 15 is 0 Å². The van der Waals surface area contributed by atoms with Crippen molar-refractivity contribution in [1.29, 1.82) is 0 Å². The first-order valence-corrected chi connectivity index (χ1v) is 6.89. The number of halogens is 1. The molecule has 0 rings (SSSR count). The lowest BCUT2D eigenvalue weighted by Gasteiger charge is -2.19. The van der Waals surface area contributed by atoms with E-state index in [4.69, 9.17) is 20.9 Å². The number of rotatable bonds is 9. The zero-order chi connectivity index (χ0) is 12.6. The molecule has 0 heterocycles. The predicted molar refractivity (Wildman–Crippen MR) is 61.0 cm³/mol. The Kier molecular flexibility index (Phi) is 8.25. The van der Waals surface area contributed by atoms with Gasteiger partial charge < -0.3 is 9.84 Å². The van der Waals surface area contributed by atoms with E-state index in [-0.39, 0.29) is 19.7 Å². The molecule has 0 aromatic carbocycles. The second-order valence-electron chi connectivity index (χ2n) is 3.20. The summed E-state index contributed by atoms with van der Waals surface area (Å²) in [5.74, 6) is 0.474. The number of ether oxygens (including phenoxy) is 1. The van der Waals surface area contributed by atoms with Crippen molar-refractivity contribution in [2.45, 2.75) is 19.4 Å². The van der Waals surface area contributed by atoms with Gasteiger partial charge in [-0.3, -0.25) is 4.55 Å². The van der Waals surface area contributed by atoms with Crippen LogP contribution < -0.4 is 0 Å². The van der Waals surface area contributed by atoms with Crippen molar-refractivity contribution in [3.63, 3.8) is 0 Å². The van der Waals surface area contributed by atoms with Gasteiger partial charge in [0.05, 0.1) is 12.7 Å². The van der Waals surface area contributed by atoms with Crippen molar-refractivity contribution in [2.75, 3.05) is 32.2 Å². The summed E-state index contributed by atoms with van der Waals surface area (Å²) in [4.78, 5) is 0. The zero-order valence-corrected chi connectivity index (χ0v) is 10.7. The summed E-state index contributed by atoms with van der Waals surface area (Å²) in [6.07, 6.45) is -0.290. The first-order chi connectivity index (χ1) is 7.41. The van der Waals surface area contributed by atoms with Crippen molar-refractivity contribution < 1.29 is 22.8 Å². The maximum absolute atomic E-state index is 10.8. The molecule has 0 bridgehead atoms. The molecule has 1 unspecified atom stereocenters.